The molecule has 0 aliphatic heterocycles. The second-order valence-electron chi connectivity index (χ2n) is 4.28. The van der Waals surface area contributed by atoms with Gasteiger partial charge in [-0.1, -0.05) is 36.4 Å². The number of aliphatic imine (C=N–C) groups is 1. The lowest BCUT2D eigenvalue weighted by Gasteiger charge is -1.98. The van der Waals surface area contributed by atoms with Crippen molar-refractivity contribution in [3.05, 3.63) is 68.6 Å². The fourth-order valence-corrected chi connectivity index (χ4v) is 2.59. The van der Waals surface area contributed by atoms with E-state index in [-0.39, 0.29) is 5.56 Å². The van der Waals surface area contributed by atoms with Gasteiger partial charge in [-0.2, -0.15) is 0 Å². The second kappa shape index (κ2) is 5.71. The smallest absolute Gasteiger partial charge is 0.273 e. The summed E-state index contributed by atoms with van der Waals surface area (Å²) in [7, 11) is 0. The molecule has 0 spiro atoms. The van der Waals surface area contributed by atoms with Crippen LogP contribution >= 0.6 is 11.3 Å². The Morgan fingerprint density at radius 2 is 1.95 bits per heavy atom. The van der Waals surface area contributed by atoms with Crippen molar-refractivity contribution in [3.8, 4) is 11.3 Å². The highest BCUT2D eigenvalue weighted by Crippen LogP contribution is 2.17. The number of aromatic amines is 2. The molecule has 20 heavy (non-hydrogen) atoms. The molecule has 0 atom stereocenters. The van der Waals surface area contributed by atoms with Gasteiger partial charge in [-0.15, -0.1) is 11.3 Å². The van der Waals surface area contributed by atoms with Crippen molar-refractivity contribution < 1.29 is 0 Å². The van der Waals surface area contributed by atoms with Gasteiger partial charge < -0.3 is 0 Å². The molecule has 2 N–H and O–H groups in total. The van der Waals surface area contributed by atoms with Gasteiger partial charge in [-0.05, 0) is 11.4 Å². The van der Waals surface area contributed by atoms with Crippen LogP contribution in [0.4, 0.5) is 0 Å². The third-order valence-electron chi connectivity index (χ3n) is 2.93. The quantitative estimate of drug-likeness (QED) is 0.710. The molecule has 0 radical (unpaired) electrons. The van der Waals surface area contributed by atoms with E-state index < -0.39 is 0 Å². The molecule has 0 saturated heterocycles. The lowest BCUT2D eigenvalue weighted by molar-refractivity contribution is 1.06. The minimum atomic E-state index is -0.154. The van der Waals surface area contributed by atoms with E-state index in [1.54, 1.807) is 17.6 Å². The zero-order valence-corrected chi connectivity index (χ0v) is 11.5. The van der Waals surface area contributed by atoms with Crippen LogP contribution in [0.2, 0.25) is 0 Å². The van der Waals surface area contributed by atoms with Crippen LogP contribution in [0.25, 0.3) is 11.3 Å². The lowest BCUT2D eigenvalue weighted by atomic mass is 10.1. The minimum absolute atomic E-state index is 0.154. The number of benzene rings is 1. The Hall–Kier alpha value is -2.40. The standard InChI is InChI=1S/C15H13N3OS/c19-15-13(10-16-9-12-7-4-8-20-12)14(17-18-15)11-5-2-1-3-6-11/h1-8,10H,9H2,(H2,17,18,19). The Kier molecular flexibility index (Phi) is 3.60. The fourth-order valence-electron chi connectivity index (χ4n) is 1.95. The van der Waals surface area contributed by atoms with Crippen LogP contribution in [0.5, 0.6) is 0 Å². The fraction of sp³-hybridized carbons (Fsp3) is 0.0667. The molecule has 0 unspecified atom stereocenters. The number of hydrogen-bond donors (Lipinski definition) is 2. The maximum Gasteiger partial charge on any atom is 0.273 e. The first-order valence-electron chi connectivity index (χ1n) is 6.23. The molecule has 0 saturated carbocycles. The predicted octanol–water partition coefficient (Wildman–Crippen LogP) is 3.05. The Morgan fingerprint density at radius 3 is 2.70 bits per heavy atom. The van der Waals surface area contributed by atoms with Gasteiger partial charge >= 0.3 is 0 Å². The molecule has 1 aromatic carbocycles. The first-order valence-corrected chi connectivity index (χ1v) is 7.11. The average Bonchev–Trinajstić information content (AvgIpc) is 3.11. The molecular formula is C15H13N3OS. The molecule has 3 rings (SSSR count). The van der Waals surface area contributed by atoms with E-state index in [4.69, 9.17) is 0 Å². The summed E-state index contributed by atoms with van der Waals surface area (Å²) in [5.41, 5.74) is 2.14. The SMILES string of the molecule is O=c1[nH][nH]c(-c2ccccc2)c1C=NCc1cccs1. The number of aromatic nitrogens is 2. The van der Waals surface area contributed by atoms with Crippen molar-refractivity contribution >= 4 is 17.6 Å². The van der Waals surface area contributed by atoms with Crippen LogP contribution in [0, 0.1) is 0 Å². The predicted molar refractivity (Wildman–Crippen MR) is 82.5 cm³/mol. The molecule has 100 valence electrons. The number of nitrogens with zero attached hydrogens (tertiary/aromatic N) is 1. The zero-order chi connectivity index (χ0) is 13.8. The van der Waals surface area contributed by atoms with E-state index in [1.807, 2.05) is 47.8 Å². The highest BCUT2D eigenvalue weighted by molar-refractivity contribution is 7.09. The highest BCUT2D eigenvalue weighted by Gasteiger charge is 2.09. The molecule has 0 amide bonds. The largest absolute Gasteiger partial charge is 0.297 e. The highest BCUT2D eigenvalue weighted by atomic mass is 32.1. The summed E-state index contributed by atoms with van der Waals surface area (Å²) >= 11 is 1.66. The molecule has 4 nitrogen and oxygen atoms in total. The van der Waals surface area contributed by atoms with Gasteiger partial charge in [-0.25, -0.2) is 0 Å². The maximum atomic E-state index is 11.8. The summed E-state index contributed by atoms with van der Waals surface area (Å²) in [6.45, 7) is 0.594. The van der Waals surface area contributed by atoms with Crippen LogP contribution in [0.1, 0.15) is 10.4 Å². The van der Waals surface area contributed by atoms with Crippen LogP contribution < -0.4 is 5.56 Å². The van der Waals surface area contributed by atoms with Gasteiger partial charge in [0.2, 0.25) is 0 Å². The Labute approximate surface area is 119 Å². The van der Waals surface area contributed by atoms with Crippen LogP contribution in [-0.4, -0.2) is 16.4 Å². The summed E-state index contributed by atoms with van der Waals surface area (Å²) < 4.78 is 0. The van der Waals surface area contributed by atoms with E-state index in [2.05, 4.69) is 15.2 Å². The summed E-state index contributed by atoms with van der Waals surface area (Å²) in [4.78, 5) is 17.4. The third-order valence-corrected chi connectivity index (χ3v) is 3.79. The molecule has 5 heteroatoms. The monoisotopic (exact) mass is 283 g/mol. The molecule has 0 bridgehead atoms. The summed E-state index contributed by atoms with van der Waals surface area (Å²) in [6, 6.07) is 13.8. The topological polar surface area (TPSA) is 61.0 Å². The van der Waals surface area contributed by atoms with E-state index in [9.17, 15) is 4.79 Å². The third kappa shape index (κ3) is 2.62. The van der Waals surface area contributed by atoms with E-state index in [0.717, 1.165) is 11.3 Å². The lowest BCUT2D eigenvalue weighted by Crippen LogP contribution is -2.05. The van der Waals surface area contributed by atoms with Crippen molar-refractivity contribution in [1.29, 1.82) is 0 Å². The Bertz CT molecular complexity index is 754. The van der Waals surface area contributed by atoms with Crippen molar-refractivity contribution in [3.63, 3.8) is 0 Å². The van der Waals surface area contributed by atoms with E-state index >= 15 is 0 Å². The van der Waals surface area contributed by atoms with Crippen molar-refractivity contribution in [1.82, 2.24) is 10.2 Å². The van der Waals surface area contributed by atoms with Gasteiger partial charge in [0.05, 0.1) is 17.8 Å². The van der Waals surface area contributed by atoms with Crippen molar-refractivity contribution in [2.75, 3.05) is 0 Å². The minimum Gasteiger partial charge on any atom is -0.297 e. The van der Waals surface area contributed by atoms with Gasteiger partial charge in [-0.3, -0.25) is 20.0 Å². The number of thiophene rings is 1. The Balaban J connectivity index is 1.88. The number of hydrogen-bond acceptors (Lipinski definition) is 3. The first kappa shape index (κ1) is 12.6. The van der Waals surface area contributed by atoms with Crippen LogP contribution in [-0.2, 0) is 6.54 Å². The Morgan fingerprint density at radius 1 is 1.10 bits per heavy atom. The van der Waals surface area contributed by atoms with E-state index in [1.165, 1.54) is 4.88 Å². The molecule has 2 heterocycles. The van der Waals surface area contributed by atoms with Crippen LogP contribution in [0.3, 0.4) is 0 Å². The van der Waals surface area contributed by atoms with Crippen LogP contribution in [0.15, 0.2) is 57.6 Å². The maximum absolute atomic E-state index is 11.8. The molecule has 0 fully saturated rings. The molecule has 2 aromatic heterocycles. The number of nitrogens with one attached hydrogen (secondary N) is 2. The van der Waals surface area contributed by atoms with Gasteiger partial charge in [0.15, 0.2) is 0 Å². The molecule has 0 aliphatic carbocycles. The van der Waals surface area contributed by atoms with Gasteiger partial charge in [0.25, 0.3) is 5.56 Å². The summed E-state index contributed by atoms with van der Waals surface area (Å²) in [5, 5.41) is 7.54. The molecular weight excluding hydrogens is 270 g/mol. The number of rotatable bonds is 4. The van der Waals surface area contributed by atoms with Crippen molar-refractivity contribution in [2.45, 2.75) is 6.54 Å². The number of H-pyrrole nitrogens is 2. The molecule has 0 aliphatic rings. The van der Waals surface area contributed by atoms with Crippen molar-refractivity contribution in [2.24, 2.45) is 4.99 Å². The van der Waals surface area contributed by atoms with E-state index in [0.29, 0.717) is 12.1 Å². The second-order valence-corrected chi connectivity index (χ2v) is 5.32. The first-order chi connectivity index (χ1) is 9.84. The van der Waals surface area contributed by atoms with Gasteiger partial charge in [0.1, 0.15) is 0 Å². The zero-order valence-electron chi connectivity index (χ0n) is 10.7. The summed E-state index contributed by atoms with van der Waals surface area (Å²) in [6.07, 6.45) is 1.64. The normalized spacial score (nSPS) is 11.2. The average molecular weight is 283 g/mol. The van der Waals surface area contributed by atoms with Gasteiger partial charge in [0, 0.05) is 16.7 Å². The molecule has 3 aromatic rings. The summed E-state index contributed by atoms with van der Waals surface area (Å²) in [5.74, 6) is 0.